The van der Waals surface area contributed by atoms with Gasteiger partial charge in [0.15, 0.2) is 0 Å². The van der Waals surface area contributed by atoms with Gasteiger partial charge in [-0.25, -0.2) is 4.68 Å². The fourth-order valence-electron chi connectivity index (χ4n) is 1.32. The molecule has 0 amide bonds. The minimum absolute atomic E-state index is 0.857. The third-order valence-corrected chi connectivity index (χ3v) is 1.91. The molecule has 1 aromatic carbocycles. The first kappa shape index (κ1) is 7.03. The van der Waals surface area contributed by atoms with Crippen molar-refractivity contribution in [1.29, 1.82) is 0 Å². The van der Waals surface area contributed by atoms with Gasteiger partial charge in [-0.15, -0.1) is 4.91 Å². The second-order valence-corrected chi connectivity index (χ2v) is 2.80. The van der Waals surface area contributed by atoms with Crippen LogP contribution >= 0.6 is 0 Å². The van der Waals surface area contributed by atoms with Crippen LogP contribution < -0.4 is 0 Å². The monoisotopic (exact) mass is 160 g/mol. The molecule has 3 nitrogen and oxygen atoms in total. The Labute approximate surface area is 69.6 Å². The van der Waals surface area contributed by atoms with E-state index < -0.39 is 0 Å². The van der Waals surface area contributed by atoms with Crippen molar-refractivity contribution in [3.63, 3.8) is 0 Å². The molecule has 0 unspecified atom stereocenters. The predicted molar refractivity (Wildman–Crippen MR) is 47.9 cm³/mol. The minimum Gasteiger partial charge on any atom is -0.204 e. The molecular formula is C9H8N2O. The van der Waals surface area contributed by atoms with Crippen LogP contribution in [-0.4, -0.2) is 4.68 Å². The molecule has 0 saturated carbocycles. The maximum atomic E-state index is 10.3. The van der Waals surface area contributed by atoms with Crippen LogP contribution in [0, 0.1) is 11.8 Å². The Balaban J connectivity index is 2.81. The molecule has 0 saturated heterocycles. The van der Waals surface area contributed by atoms with E-state index in [0.717, 1.165) is 10.9 Å². The lowest BCUT2D eigenvalue weighted by molar-refractivity contribution is 0.913. The zero-order valence-electron chi connectivity index (χ0n) is 6.69. The number of benzene rings is 1. The van der Waals surface area contributed by atoms with Gasteiger partial charge in [0.1, 0.15) is 0 Å². The fourth-order valence-corrected chi connectivity index (χ4v) is 1.32. The molecule has 1 heterocycles. The van der Waals surface area contributed by atoms with E-state index in [4.69, 9.17) is 0 Å². The largest absolute Gasteiger partial charge is 0.204 e. The molecule has 0 atom stereocenters. The van der Waals surface area contributed by atoms with Gasteiger partial charge >= 0.3 is 0 Å². The Kier molecular flexibility index (Phi) is 1.43. The summed E-state index contributed by atoms with van der Waals surface area (Å²) in [5, 5.41) is 3.91. The number of hydrogen-bond acceptors (Lipinski definition) is 2. The van der Waals surface area contributed by atoms with E-state index >= 15 is 0 Å². The van der Waals surface area contributed by atoms with Crippen LogP contribution in [0.1, 0.15) is 5.56 Å². The van der Waals surface area contributed by atoms with Crippen molar-refractivity contribution < 1.29 is 0 Å². The first-order chi connectivity index (χ1) is 5.81. The molecular weight excluding hydrogens is 152 g/mol. The van der Waals surface area contributed by atoms with Gasteiger partial charge in [0, 0.05) is 11.6 Å². The molecule has 0 fully saturated rings. The predicted octanol–water partition coefficient (Wildman–Crippen LogP) is 2.48. The molecule has 3 heteroatoms. The van der Waals surface area contributed by atoms with Gasteiger partial charge in [-0.05, 0) is 25.1 Å². The number of rotatable bonds is 1. The van der Waals surface area contributed by atoms with Crippen molar-refractivity contribution in [1.82, 2.24) is 4.68 Å². The summed E-state index contributed by atoms with van der Waals surface area (Å²) >= 11 is 0. The molecule has 60 valence electrons. The average molecular weight is 160 g/mol. The van der Waals surface area contributed by atoms with Crippen LogP contribution in [0.2, 0.25) is 0 Å². The smallest absolute Gasteiger partial charge is 0.0751 e. The zero-order chi connectivity index (χ0) is 8.55. The highest BCUT2D eigenvalue weighted by molar-refractivity contribution is 5.80. The first-order valence-electron chi connectivity index (χ1n) is 3.72. The Morgan fingerprint density at radius 1 is 1.33 bits per heavy atom. The van der Waals surface area contributed by atoms with Gasteiger partial charge in [-0.1, -0.05) is 11.6 Å². The van der Waals surface area contributed by atoms with Crippen LogP contribution in [0.5, 0.6) is 0 Å². The maximum absolute atomic E-state index is 10.3. The summed E-state index contributed by atoms with van der Waals surface area (Å²) in [7, 11) is 0. The molecule has 0 radical (unpaired) electrons. The van der Waals surface area contributed by atoms with E-state index in [9.17, 15) is 4.91 Å². The Bertz CT molecular complexity index is 431. The number of hydrogen-bond donors (Lipinski definition) is 0. The highest BCUT2D eigenvalue weighted by atomic mass is 16.3. The minimum atomic E-state index is 0.857. The molecule has 2 rings (SSSR count). The lowest BCUT2D eigenvalue weighted by Crippen LogP contribution is -1.81. The molecule has 1 aromatic heterocycles. The molecule has 2 aromatic rings. The quantitative estimate of drug-likeness (QED) is 0.590. The average Bonchev–Trinajstić information content (AvgIpc) is 2.46. The molecule has 0 bridgehead atoms. The van der Waals surface area contributed by atoms with E-state index in [2.05, 4.69) is 5.29 Å². The highest BCUT2D eigenvalue weighted by Crippen LogP contribution is 2.16. The van der Waals surface area contributed by atoms with Crippen LogP contribution in [0.15, 0.2) is 35.7 Å². The van der Waals surface area contributed by atoms with Crippen molar-refractivity contribution in [3.8, 4) is 0 Å². The van der Waals surface area contributed by atoms with E-state index in [1.54, 1.807) is 6.20 Å². The number of aromatic nitrogens is 1. The van der Waals surface area contributed by atoms with Gasteiger partial charge in [-0.2, -0.15) is 0 Å². The maximum Gasteiger partial charge on any atom is 0.0751 e. The summed E-state index contributed by atoms with van der Waals surface area (Å²) in [5.74, 6) is 0. The fraction of sp³-hybridized carbons (Fsp3) is 0.111. The number of aryl methyl sites for hydroxylation is 1. The third kappa shape index (κ3) is 0.906. The lowest BCUT2D eigenvalue weighted by Gasteiger charge is -1.93. The van der Waals surface area contributed by atoms with Crippen LogP contribution in [0.4, 0.5) is 0 Å². The summed E-state index contributed by atoms with van der Waals surface area (Å²) in [6.07, 6.45) is 1.66. The standard InChI is InChI=1S/C9H8N2O/c1-7-2-3-9-8(6-7)4-5-11(9)10-12/h2-6H,1H3. The molecule has 0 spiro atoms. The molecule has 0 aliphatic carbocycles. The molecule has 12 heavy (non-hydrogen) atoms. The second-order valence-electron chi connectivity index (χ2n) is 2.80. The van der Waals surface area contributed by atoms with E-state index in [0.29, 0.717) is 0 Å². The van der Waals surface area contributed by atoms with Crippen molar-refractivity contribution in [2.75, 3.05) is 0 Å². The van der Waals surface area contributed by atoms with E-state index in [-0.39, 0.29) is 0 Å². The van der Waals surface area contributed by atoms with Gasteiger partial charge in [0.2, 0.25) is 0 Å². The normalized spacial score (nSPS) is 10.4. The van der Waals surface area contributed by atoms with Crippen molar-refractivity contribution in [2.24, 2.45) is 5.29 Å². The number of fused-ring (bicyclic) bond motifs is 1. The summed E-state index contributed by atoms with van der Waals surface area (Å²) in [5.41, 5.74) is 2.04. The summed E-state index contributed by atoms with van der Waals surface area (Å²) in [6, 6.07) is 7.76. The number of nitroso groups, excluding NO2 is 1. The summed E-state index contributed by atoms with van der Waals surface area (Å²) < 4.78 is 1.33. The molecule has 0 N–H and O–H groups in total. The summed E-state index contributed by atoms with van der Waals surface area (Å²) in [6.45, 7) is 2.02. The van der Waals surface area contributed by atoms with Crippen molar-refractivity contribution in [2.45, 2.75) is 6.92 Å². The number of nitrogens with zero attached hydrogens (tertiary/aromatic N) is 2. The Hall–Kier alpha value is -1.64. The van der Waals surface area contributed by atoms with Crippen LogP contribution in [0.3, 0.4) is 0 Å². The van der Waals surface area contributed by atoms with Crippen LogP contribution in [0.25, 0.3) is 10.9 Å². The Morgan fingerprint density at radius 3 is 2.92 bits per heavy atom. The van der Waals surface area contributed by atoms with Gasteiger partial charge < -0.3 is 0 Å². The van der Waals surface area contributed by atoms with Crippen LogP contribution in [-0.2, 0) is 0 Å². The van der Waals surface area contributed by atoms with Gasteiger partial charge in [-0.3, -0.25) is 0 Å². The highest BCUT2D eigenvalue weighted by Gasteiger charge is 1.99. The van der Waals surface area contributed by atoms with Crippen molar-refractivity contribution in [3.05, 3.63) is 40.9 Å². The second kappa shape index (κ2) is 2.44. The Morgan fingerprint density at radius 2 is 2.17 bits per heavy atom. The molecule has 0 aliphatic heterocycles. The first-order valence-corrected chi connectivity index (χ1v) is 3.72. The van der Waals surface area contributed by atoms with Crippen molar-refractivity contribution >= 4 is 10.9 Å². The molecule has 0 aliphatic rings. The summed E-state index contributed by atoms with van der Waals surface area (Å²) in [4.78, 5) is 10.3. The third-order valence-electron chi connectivity index (χ3n) is 1.91. The van der Waals surface area contributed by atoms with E-state index in [1.165, 1.54) is 10.2 Å². The van der Waals surface area contributed by atoms with Gasteiger partial charge in [0.05, 0.1) is 10.8 Å². The SMILES string of the molecule is Cc1ccc2c(ccn2N=O)c1. The van der Waals surface area contributed by atoms with Gasteiger partial charge in [0.25, 0.3) is 0 Å². The lowest BCUT2D eigenvalue weighted by atomic mass is 10.2. The zero-order valence-corrected chi connectivity index (χ0v) is 6.69. The van der Waals surface area contributed by atoms with E-state index in [1.807, 2.05) is 31.2 Å². The topological polar surface area (TPSA) is 34.4 Å².